The van der Waals surface area contributed by atoms with Gasteiger partial charge in [0.05, 0.1) is 22.2 Å². The summed E-state index contributed by atoms with van der Waals surface area (Å²) in [6, 6.07) is 10.3. The second-order valence-electron chi connectivity index (χ2n) is 4.68. The molecule has 0 amide bonds. The fourth-order valence-electron chi connectivity index (χ4n) is 1.84. The first-order valence-corrected chi connectivity index (χ1v) is 7.61. The minimum absolute atomic E-state index is 0.0148. The summed E-state index contributed by atoms with van der Waals surface area (Å²) in [6.45, 7) is 3.36. The molecule has 0 radical (unpaired) electrons. The highest BCUT2D eigenvalue weighted by Gasteiger charge is 2.17. The maximum absolute atomic E-state index is 13.7. The van der Waals surface area contributed by atoms with Crippen LogP contribution in [0.5, 0.6) is 0 Å². The predicted octanol–water partition coefficient (Wildman–Crippen LogP) is 3.12. The van der Waals surface area contributed by atoms with E-state index in [4.69, 9.17) is 5.26 Å². The number of sulfonamides is 1. The van der Waals surface area contributed by atoms with Crippen LogP contribution in [0.2, 0.25) is 0 Å². The van der Waals surface area contributed by atoms with E-state index in [-0.39, 0.29) is 10.6 Å². The van der Waals surface area contributed by atoms with Crippen LogP contribution in [0.1, 0.15) is 16.7 Å². The number of hydrogen-bond acceptors (Lipinski definition) is 3. The van der Waals surface area contributed by atoms with E-state index in [0.717, 1.165) is 0 Å². The highest BCUT2D eigenvalue weighted by Crippen LogP contribution is 2.21. The largest absolute Gasteiger partial charge is 0.277 e. The maximum Gasteiger partial charge on any atom is 0.261 e. The Labute approximate surface area is 122 Å². The number of benzene rings is 2. The van der Waals surface area contributed by atoms with E-state index in [9.17, 15) is 12.8 Å². The quantitative estimate of drug-likeness (QED) is 0.947. The van der Waals surface area contributed by atoms with Crippen molar-refractivity contribution >= 4 is 15.7 Å². The summed E-state index contributed by atoms with van der Waals surface area (Å²) < 4.78 is 40.4. The van der Waals surface area contributed by atoms with E-state index < -0.39 is 15.8 Å². The van der Waals surface area contributed by atoms with Crippen molar-refractivity contribution in [1.82, 2.24) is 0 Å². The summed E-state index contributed by atoms with van der Waals surface area (Å²) in [7, 11) is -3.90. The Hall–Kier alpha value is -2.39. The number of anilines is 1. The molecule has 0 saturated heterocycles. The molecule has 0 aromatic heterocycles. The van der Waals surface area contributed by atoms with E-state index >= 15 is 0 Å². The number of nitrogens with one attached hydrogen (secondary N) is 1. The molecule has 1 N–H and O–H groups in total. The van der Waals surface area contributed by atoms with Gasteiger partial charge in [-0.2, -0.15) is 5.26 Å². The van der Waals surface area contributed by atoms with Crippen LogP contribution in [0.15, 0.2) is 41.3 Å². The minimum Gasteiger partial charge on any atom is -0.277 e. The molecule has 2 rings (SSSR count). The van der Waals surface area contributed by atoms with Gasteiger partial charge in [-0.15, -0.1) is 0 Å². The Kier molecular flexibility index (Phi) is 3.96. The van der Waals surface area contributed by atoms with E-state index in [0.29, 0.717) is 16.7 Å². The summed E-state index contributed by atoms with van der Waals surface area (Å²) in [5, 5.41) is 8.85. The second kappa shape index (κ2) is 5.54. The van der Waals surface area contributed by atoms with Crippen molar-refractivity contribution in [2.75, 3.05) is 4.72 Å². The molecule has 0 fully saturated rings. The average molecular weight is 304 g/mol. The van der Waals surface area contributed by atoms with Gasteiger partial charge in [0.1, 0.15) is 5.82 Å². The van der Waals surface area contributed by atoms with Gasteiger partial charge in [0, 0.05) is 0 Å². The van der Waals surface area contributed by atoms with Gasteiger partial charge in [-0.1, -0.05) is 6.07 Å². The Morgan fingerprint density at radius 3 is 2.43 bits per heavy atom. The van der Waals surface area contributed by atoms with Gasteiger partial charge in [0.2, 0.25) is 0 Å². The third kappa shape index (κ3) is 3.20. The smallest absolute Gasteiger partial charge is 0.261 e. The molecule has 0 aliphatic carbocycles. The molecule has 21 heavy (non-hydrogen) atoms. The Bertz CT molecular complexity index is 839. The second-order valence-corrected chi connectivity index (χ2v) is 6.36. The molecule has 6 heteroatoms. The summed E-state index contributed by atoms with van der Waals surface area (Å²) in [5.41, 5.74) is 1.53. The highest BCUT2D eigenvalue weighted by atomic mass is 32.2. The zero-order valence-electron chi connectivity index (χ0n) is 11.5. The lowest BCUT2D eigenvalue weighted by Gasteiger charge is -2.10. The Balaban J connectivity index is 2.39. The molecule has 2 aromatic carbocycles. The van der Waals surface area contributed by atoms with Gasteiger partial charge in [-0.3, -0.25) is 4.72 Å². The van der Waals surface area contributed by atoms with Crippen LogP contribution in [-0.4, -0.2) is 8.42 Å². The van der Waals surface area contributed by atoms with E-state index in [2.05, 4.69) is 4.72 Å². The van der Waals surface area contributed by atoms with Crippen molar-refractivity contribution in [2.24, 2.45) is 0 Å². The molecular formula is C15H13FN2O2S. The first-order chi connectivity index (χ1) is 9.83. The number of hydrogen-bond donors (Lipinski definition) is 1. The zero-order valence-corrected chi connectivity index (χ0v) is 12.3. The standard InChI is InChI=1S/C15H13FN2O2S/c1-10-3-6-15(14(16)7-10)18-21(19,20)13-5-4-12(9-17)11(2)8-13/h3-8,18H,1-2H3. The van der Waals surface area contributed by atoms with Crippen LogP contribution >= 0.6 is 0 Å². The van der Waals surface area contributed by atoms with Gasteiger partial charge in [0.15, 0.2) is 0 Å². The summed E-state index contributed by atoms with van der Waals surface area (Å²) in [4.78, 5) is -0.0148. The monoisotopic (exact) mass is 304 g/mol. The van der Waals surface area contributed by atoms with E-state index in [1.807, 2.05) is 6.07 Å². The number of nitrogens with zero attached hydrogens (tertiary/aromatic N) is 1. The van der Waals surface area contributed by atoms with Gasteiger partial charge in [0.25, 0.3) is 10.0 Å². The topological polar surface area (TPSA) is 70.0 Å². The number of halogens is 1. The van der Waals surface area contributed by atoms with Crippen LogP contribution in [0.25, 0.3) is 0 Å². The SMILES string of the molecule is Cc1ccc(NS(=O)(=O)c2ccc(C#N)c(C)c2)c(F)c1. The average Bonchev–Trinajstić information content (AvgIpc) is 2.42. The molecule has 0 atom stereocenters. The van der Waals surface area contributed by atoms with Crippen LogP contribution in [0, 0.1) is 31.0 Å². The van der Waals surface area contributed by atoms with Gasteiger partial charge >= 0.3 is 0 Å². The van der Waals surface area contributed by atoms with Crippen LogP contribution in [-0.2, 0) is 10.0 Å². The van der Waals surface area contributed by atoms with Crippen molar-refractivity contribution in [3.8, 4) is 6.07 Å². The highest BCUT2D eigenvalue weighted by molar-refractivity contribution is 7.92. The molecule has 4 nitrogen and oxygen atoms in total. The van der Waals surface area contributed by atoms with Gasteiger partial charge in [-0.05, 0) is 55.3 Å². The molecule has 0 unspecified atom stereocenters. The fraction of sp³-hybridized carbons (Fsp3) is 0.133. The molecule has 0 heterocycles. The van der Waals surface area contributed by atoms with Crippen molar-refractivity contribution < 1.29 is 12.8 Å². The van der Waals surface area contributed by atoms with Gasteiger partial charge < -0.3 is 0 Å². The number of aryl methyl sites for hydroxylation is 2. The Morgan fingerprint density at radius 1 is 1.14 bits per heavy atom. The molecule has 0 saturated carbocycles. The molecule has 2 aromatic rings. The maximum atomic E-state index is 13.7. The first kappa shape index (κ1) is 15.0. The predicted molar refractivity (Wildman–Crippen MR) is 77.8 cm³/mol. The first-order valence-electron chi connectivity index (χ1n) is 6.13. The molecule has 0 bridgehead atoms. The van der Waals surface area contributed by atoms with E-state index in [1.165, 1.54) is 30.3 Å². The zero-order chi connectivity index (χ0) is 15.6. The normalized spacial score (nSPS) is 11.0. The Morgan fingerprint density at radius 2 is 1.86 bits per heavy atom. The number of nitriles is 1. The molecule has 0 aliphatic rings. The lowest BCUT2D eigenvalue weighted by atomic mass is 10.1. The van der Waals surface area contributed by atoms with E-state index in [1.54, 1.807) is 19.9 Å². The third-order valence-corrected chi connectivity index (χ3v) is 4.36. The summed E-state index contributed by atoms with van der Waals surface area (Å²) in [5.74, 6) is -0.635. The third-order valence-electron chi connectivity index (χ3n) is 3.00. The molecular weight excluding hydrogens is 291 g/mol. The van der Waals surface area contributed by atoms with Crippen LogP contribution < -0.4 is 4.72 Å². The number of rotatable bonds is 3. The van der Waals surface area contributed by atoms with Crippen molar-refractivity contribution in [3.63, 3.8) is 0 Å². The molecule has 108 valence electrons. The van der Waals surface area contributed by atoms with Crippen molar-refractivity contribution in [2.45, 2.75) is 18.7 Å². The van der Waals surface area contributed by atoms with Crippen molar-refractivity contribution in [1.29, 1.82) is 5.26 Å². The summed E-state index contributed by atoms with van der Waals surface area (Å²) in [6.07, 6.45) is 0. The fourth-order valence-corrected chi connectivity index (χ4v) is 2.99. The lowest BCUT2D eigenvalue weighted by Crippen LogP contribution is -2.14. The minimum atomic E-state index is -3.90. The molecule has 0 spiro atoms. The lowest BCUT2D eigenvalue weighted by molar-refractivity contribution is 0.598. The van der Waals surface area contributed by atoms with Crippen molar-refractivity contribution in [3.05, 3.63) is 58.9 Å². The van der Waals surface area contributed by atoms with Crippen LogP contribution in [0.3, 0.4) is 0 Å². The van der Waals surface area contributed by atoms with Crippen LogP contribution in [0.4, 0.5) is 10.1 Å². The van der Waals surface area contributed by atoms with Gasteiger partial charge in [-0.25, -0.2) is 12.8 Å². The molecule has 0 aliphatic heterocycles. The summed E-state index contributed by atoms with van der Waals surface area (Å²) >= 11 is 0.